The fourth-order valence-electron chi connectivity index (χ4n) is 3.29. The van der Waals surface area contributed by atoms with Crippen LogP contribution in [0.4, 0.5) is 5.69 Å². The van der Waals surface area contributed by atoms with Crippen molar-refractivity contribution in [3.63, 3.8) is 0 Å². The van der Waals surface area contributed by atoms with Crippen molar-refractivity contribution in [2.75, 3.05) is 7.11 Å². The molecule has 0 N–H and O–H groups in total. The minimum atomic E-state index is -0.489. The lowest BCUT2D eigenvalue weighted by Gasteiger charge is -2.11. The van der Waals surface area contributed by atoms with Crippen LogP contribution in [0, 0.1) is 10.1 Å². The molecule has 0 amide bonds. The fraction of sp³-hybridized carbons (Fsp3) is 0.0435. The molecule has 0 unspecified atom stereocenters. The lowest BCUT2D eigenvalue weighted by Crippen LogP contribution is -2.22. The summed E-state index contributed by atoms with van der Waals surface area (Å²) in [5, 5.41) is 12.0. The molecule has 0 saturated carbocycles. The van der Waals surface area contributed by atoms with E-state index < -0.39 is 4.92 Å². The fourth-order valence-corrected chi connectivity index (χ4v) is 3.29. The number of aromatic nitrogens is 2. The van der Waals surface area contributed by atoms with Crippen LogP contribution in [0.1, 0.15) is 11.4 Å². The summed E-state index contributed by atoms with van der Waals surface area (Å²) in [6, 6.07) is 21.0. The van der Waals surface area contributed by atoms with Gasteiger partial charge in [0.2, 0.25) is 0 Å². The monoisotopic (exact) mass is 399 g/mol. The Labute approximate surface area is 171 Å². The minimum Gasteiger partial charge on any atom is -0.490 e. The number of rotatable bonds is 5. The predicted octanol–water partition coefficient (Wildman–Crippen LogP) is 4.47. The van der Waals surface area contributed by atoms with Crippen LogP contribution in [-0.2, 0) is 0 Å². The van der Waals surface area contributed by atoms with Crippen molar-refractivity contribution < 1.29 is 9.66 Å². The van der Waals surface area contributed by atoms with E-state index in [4.69, 9.17) is 4.74 Å². The van der Waals surface area contributed by atoms with Gasteiger partial charge in [-0.25, -0.2) is 4.98 Å². The summed E-state index contributed by atoms with van der Waals surface area (Å²) in [4.78, 5) is 28.9. The van der Waals surface area contributed by atoms with Gasteiger partial charge in [-0.3, -0.25) is 19.5 Å². The van der Waals surface area contributed by atoms with Crippen molar-refractivity contribution in [3.8, 4) is 11.4 Å². The Balaban J connectivity index is 1.94. The molecule has 1 aromatic heterocycles. The van der Waals surface area contributed by atoms with E-state index in [2.05, 4.69) is 4.98 Å². The first-order valence-electron chi connectivity index (χ1n) is 9.17. The van der Waals surface area contributed by atoms with Crippen molar-refractivity contribution in [3.05, 3.63) is 105 Å². The number of nitro groups is 1. The molecule has 148 valence electrons. The molecule has 0 atom stereocenters. The highest BCUT2D eigenvalue weighted by Crippen LogP contribution is 2.31. The molecule has 0 saturated heterocycles. The van der Waals surface area contributed by atoms with E-state index in [9.17, 15) is 14.9 Å². The summed E-state index contributed by atoms with van der Waals surface area (Å²) in [6.45, 7) is 0. The Bertz CT molecular complexity index is 1330. The number of benzene rings is 3. The van der Waals surface area contributed by atoms with Crippen molar-refractivity contribution in [1.82, 2.24) is 9.55 Å². The number of nitro benzene ring substituents is 1. The summed E-state index contributed by atoms with van der Waals surface area (Å²) < 4.78 is 6.61. The topological polar surface area (TPSA) is 87.3 Å². The second-order valence-corrected chi connectivity index (χ2v) is 6.45. The molecule has 4 aromatic rings. The molecule has 0 radical (unpaired) electrons. The number of fused-ring (bicyclic) bond motifs is 1. The van der Waals surface area contributed by atoms with Crippen LogP contribution < -0.4 is 10.3 Å². The molecule has 7 nitrogen and oxygen atoms in total. The van der Waals surface area contributed by atoms with Crippen molar-refractivity contribution in [2.24, 2.45) is 0 Å². The summed E-state index contributed by atoms with van der Waals surface area (Å²) in [6.07, 6.45) is 3.17. The Kier molecular flexibility index (Phi) is 5.09. The van der Waals surface area contributed by atoms with E-state index in [1.54, 1.807) is 42.5 Å². The zero-order chi connectivity index (χ0) is 21.1. The third kappa shape index (κ3) is 3.44. The number of nitrogens with zero attached hydrogens (tertiary/aromatic N) is 3. The Hall–Kier alpha value is -4.26. The van der Waals surface area contributed by atoms with E-state index >= 15 is 0 Å². The summed E-state index contributed by atoms with van der Waals surface area (Å²) in [7, 11) is 1.38. The molecule has 0 aliphatic carbocycles. The van der Waals surface area contributed by atoms with Gasteiger partial charge in [-0.05, 0) is 48.6 Å². The average Bonchev–Trinajstić information content (AvgIpc) is 2.78. The molecule has 0 fully saturated rings. The SMILES string of the molecule is COc1cccc(/C=C/c2nc3ccccc3c(=O)n2-c2ccccc2)c1[N+](=O)[O-]. The Morgan fingerprint density at radius 3 is 2.43 bits per heavy atom. The van der Waals surface area contributed by atoms with Crippen molar-refractivity contribution in [1.29, 1.82) is 0 Å². The van der Waals surface area contributed by atoms with E-state index in [1.165, 1.54) is 17.7 Å². The van der Waals surface area contributed by atoms with Crippen LogP contribution in [0.5, 0.6) is 5.75 Å². The Morgan fingerprint density at radius 1 is 0.967 bits per heavy atom. The van der Waals surface area contributed by atoms with Gasteiger partial charge in [0.25, 0.3) is 5.56 Å². The van der Waals surface area contributed by atoms with Gasteiger partial charge in [-0.2, -0.15) is 0 Å². The molecular formula is C23H17N3O4. The highest BCUT2D eigenvalue weighted by Gasteiger charge is 2.19. The van der Waals surface area contributed by atoms with E-state index in [-0.39, 0.29) is 17.0 Å². The summed E-state index contributed by atoms with van der Waals surface area (Å²) >= 11 is 0. The van der Waals surface area contributed by atoms with Gasteiger partial charge >= 0.3 is 5.69 Å². The van der Waals surface area contributed by atoms with Crippen LogP contribution in [0.15, 0.2) is 77.6 Å². The van der Waals surface area contributed by atoms with Crippen LogP contribution >= 0.6 is 0 Å². The summed E-state index contributed by atoms with van der Waals surface area (Å²) in [5.41, 5.74) is 1.19. The standard InChI is InChI=1S/C23H17N3O4/c1-30-20-13-7-8-16(22(20)26(28)29)14-15-21-24-19-12-6-5-11-18(19)23(27)25(21)17-9-3-2-4-10-17/h2-15H,1H3/b15-14+. The van der Waals surface area contributed by atoms with E-state index in [0.717, 1.165) is 0 Å². The quantitative estimate of drug-likeness (QED) is 0.365. The molecule has 30 heavy (non-hydrogen) atoms. The molecule has 1 heterocycles. The number of methoxy groups -OCH3 is 1. The number of hydrogen-bond donors (Lipinski definition) is 0. The third-order valence-electron chi connectivity index (χ3n) is 4.66. The van der Waals surface area contributed by atoms with Gasteiger partial charge in [0.1, 0.15) is 5.82 Å². The predicted molar refractivity (Wildman–Crippen MR) is 116 cm³/mol. The first kappa shape index (κ1) is 19.1. The Morgan fingerprint density at radius 2 is 1.70 bits per heavy atom. The second kappa shape index (κ2) is 8.00. The van der Waals surface area contributed by atoms with Gasteiger partial charge in [0.15, 0.2) is 5.75 Å². The average molecular weight is 399 g/mol. The van der Waals surface area contributed by atoms with Gasteiger partial charge in [-0.15, -0.1) is 0 Å². The van der Waals surface area contributed by atoms with Crippen LogP contribution in [-0.4, -0.2) is 21.6 Å². The highest BCUT2D eigenvalue weighted by molar-refractivity contribution is 5.81. The van der Waals surface area contributed by atoms with Crippen LogP contribution in [0.2, 0.25) is 0 Å². The van der Waals surface area contributed by atoms with Gasteiger partial charge < -0.3 is 4.74 Å². The zero-order valence-corrected chi connectivity index (χ0v) is 16.1. The maximum Gasteiger partial charge on any atom is 0.318 e. The van der Waals surface area contributed by atoms with Gasteiger partial charge in [0, 0.05) is 0 Å². The second-order valence-electron chi connectivity index (χ2n) is 6.45. The number of para-hydroxylation sites is 3. The first-order valence-corrected chi connectivity index (χ1v) is 9.17. The van der Waals surface area contributed by atoms with Gasteiger partial charge in [-0.1, -0.05) is 36.4 Å². The first-order chi connectivity index (χ1) is 14.6. The smallest absolute Gasteiger partial charge is 0.318 e. The molecule has 4 rings (SSSR count). The van der Waals surface area contributed by atoms with Crippen molar-refractivity contribution >= 4 is 28.7 Å². The van der Waals surface area contributed by atoms with Crippen LogP contribution in [0.25, 0.3) is 28.7 Å². The summed E-state index contributed by atoms with van der Waals surface area (Å²) in [5.74, 6) is 0.524. The molecule has 0 spiro atoms. The lowest BCUT2D eigenvalue weighted by molar-refractivity contribution is -0.386. The maximum absolute atomic E-state index is 13.2. The molecule has 0 aliphatic heterocycles. The minimum absolute atomic E-state index is 0.148. The van der Waals surface area contributed by atoms with Crippen molar-refractivity contribution in [2.45, 2.75) is 0 Å². The zero-order valence-electron chi connectivity index (χ0n) is 16.1. The highest BCUT2D eigenvalue weighted by atomic mass is 16.6. The molecule has 3 aromatic carbocycles. The number of hydrogen-bond acceptors (Lipinski definition) is 5. The lowest BCUT2D eigenvalue weighted by atomic mass is 10.1. The van der Waals surface area contributed by atoms with E-state index in [0.29, 0.717) is 28.0 Å². The molecular weight excluding hydrogens is 382 g/mol. The molecule has 0 aliphatic rings. The molecule has 7 heteroatoms. The third-order valence-corrected chi connectivity index (χ3v) is 4.66. The molecule has 0 bridgehead atoms. The maximum atomic E-state index is 13.2. The largest absolute Gasteiger partial charge is 0.490 e. The number of ether oxygens (including phenoxy) is 1. The van der Waals surface area contributed by atoms with Crippen LogP contribution in [0.3, 0.4) is 0 Å². The van der Waals surface area contributed by atoms with Gasteiger partial charge in [0.05, 0.1) is 34.2 Å². The van der Waals surface area contributed by atoms with E-state index in [1.807, 2.05) is 36.4 Å². The normalized spacial score (nSPS) is 11.1.